The molecule has 3 aromatic heterocycles. The SMILES string of the molecule is COCCSc1nc2scc(-c3cccs3)c2c(=O)n1-c1ccccc1. The molecule has 3 heterocycles. The van der Waals surface area contributed by atoms with Gasteiger partial charge in [0, 0.05) is 28.7 Å². The summed E-state index contributed by atoms with van der Waals surface area (Å²) in [6, 6.07) is 13.7. The number of nitrogens with zero attached hydrogens (tertiary/aromatic N) is 2. The van der Waals surface area contributed by atoms with E-state index in [4.69, 9.17) is 9.72 Å². The van der Waals surface area contributed by atoms with Crippen LogP contribution in [0, 0.1) is 0 Å². The molecule has 4 aromatic rings. The number of para-hydroxylation sites is 1. The van der Waals surface area contributed by atoms with Crippen molar-refractivity contribution in [2.75, 3.05) is 19.5 Å². The van der Waals surface area contributed by atoms with Crippen LogP contribution in [0.4, 0.5) is 0 Å². The Balaban J connectivity index is 1.95. The van der Waals surface area contributed by atoms with Crippen molar-refractivity contribution in [1.29, 1.82) is 0 Å². The van der Waals surface area contributed by atoms with E-state index in [2.05, 4.69) is 0 Å². The van der Waals surface area contributed by atoms with Crippen LogP contribution in [0.25, 0.3) is 26.3 Å². The summed E-state index contributed by atoms with van der Waals surface area (Å²) in [5.41, 5.74) is 1.77. The number of hydrogen-bond donors (Lipinski definition) is 0. The largest absolute Gasteiger partial charge is 0.384 e. The van der Waals surface area contributed by atoms with Crippen molar-refractivity contribution in [3.63, 3.8) is 0 Å². The normalized spacial score (nSPS) is 11.3. The molecular weight excluding hydrogens is 384 g/mol. The maximum Gasteiger partial charge on any atom is 0.268 e. The topological polar surface area (TPSA) is 44.1 Å². The second kappa shape index (κ2) is 7.75. The summed E-state index contributed by atoms with van der Waals surface area (Å²) in [5.74, 6) is 0.741. The number of methoxy groups -OCH3 is 1. The molecule has 0 N–H and O–H groups in total. The van der Waals surface area contributed by atoms with Gasteiger partial charge in [-0.15, -0.1) is 22.7 Å². The first-order valence-electron chi connectivity index (χ1n) is 8.05. The quantitative estimate of drug-likeness (QED) is 0.262. The van der Waals surface area contributed by atoms with E-state index in [1.54, 1.807) is 23.0 Å². The molecule has 0 radical (unpaired) electrons. The highest BCUT2D eigenvalue weighted by Crippen LogP contribution is 2.35. The standard InChI is InChI=1S/C19H16N2O2S3/c1-23-9-11-25-19-20-17-16(14(12-26-17)15-8-5-10-24-15)18(22)21(19)13-6-3-2-4-7-13/h2-8,10,12H,9,11H2,1H3. The third-order valence-corrected chi connectivity index (χ3v) is 6.57. The first kappa shape index (κ1) is 17.5. The number of ether oxygens (including phenoxy) is 1. The zero-order valence-electron chi connectivity index (χ0n) is 14.0. The fraction of sp³-hybridized carbons (Fsp3) is 0.158. The van der Waals surface area contributed by atoms with Crippen LogP contribution >= 0.6 is 34.4 Å². The third-order valence-electron chi connectivity index (χ3n) is 3.90. The second-order valence-electron chi connectivity index (χ2n) is 5.52. The van der Waals surface area contributed by atoms with Crippen LogP contribution in [0.5, 0.6) is 0 Å². The molecule has 0 unspecified atom stereocenters. The van der Waals surface area contributed by atoms with Gasteiger partial charge < -0.3 is 4.74 Å². The van der Waals surface area contributed by atoms with E-state index in [1.165, 1.54) is 23.1 Å². The molecule has 0 bridgehead atoms. The summed E-state index contributed by atoms with van der Waals surface area (Å²) in [7, 11) is 1.67. The zero-order chi connectivity index (χ0) is 17.9. The molecule has 0 saturated heterocycles. The number of fused-ring (bicyclic) bond motifs is 1. The Hall–Kier alpha value is -1.93. The van der Waals surface area contributed by atoms with Gasteiger partial charge in [-0.2, -0.15) is 0 Å². The summed E-state index contributed by atoms with van der Waals surface area (Å²) in [6.07, 6.45) is 0. The predicted molar refractivity (Wildman–Crippen MR) is 111 cm³/mol. The van der Waals surface area contributed by atoms with Gasteiger partial charge in [-0.1, -0.05) is 36.0 Å². The second-order valence-corrected chi connectivity index (χ2v) is 8.39. The highest BCUT2D eigenvalue weighted by Gasteiger charge is 2.18. The molecule has 0 saturated carbocycles. The summed E-state index contributed by atoms with van der Waals surface area (Å²) < 4.78 is 6.86. The van der Waals surface area contributed by atoms with Gasteiger partial charge in [0.2, 0.25) is 0 Å². The van der Waals surface area contributed by atoms with Crippen LogP contribution in [-0.4, -0.2) is 29.0 Å². The van der Waals surface area contributed by atoms with Crippen LogP contribution in [0.3, 0.4) is 0 Å². The molecular formula is C19H16N2O2S3. The van der Waals surface area contributed by atoms with Crippen LogP contribution < -0.4 is 5.56 Å². The van der Waals surface area contributed by atoms with Crippen molar-refractivity contribution in [2.45, 2.75) is 5.16 Å². The Morgan fingerprint density at radius 3 is 2.73 bits per heavy atom. The first-order chi connectivity index (χ1) is 12.8. The van der Waals surface area contributed by atoms with Gasteiger partial charge in [0.15, 0.2) is 5.16 Å². The number of thiophene rings is 2. The minimum Gasteiger partial charge on any atom is -0.384 e. The minimum atomic E-state index is -0.0224. The highest BCUT2D eigenvalue weighted by atomic mass is 32.2. The molecule has 26 heavy (non-hydrogen) atoms. The van der Waals surface area contributed by atoms with E-state index in [-0.39, 0.29) is 5.56 Å². The van der Waals surface area contributed by atoms with Gasteiger partial charge in [-0.25, -0.2) is 4.98 Å². The lowest BCUT2D eigenvalue weighted by atomic mass is 10.2. The zero-order valence-corrected chi connectivity index (χ0v) is 16.5. The Bertz CT molecular complexity index is 1070. The van der Waals surface area contributed by atoms with E-state index < -0.39 is 0 Å². The highest BCUT2D eigenvalue weighted by molar-refractivity contribution is 7.99. The lowest BCUT2D eigenvalue weighted by Crippen LogP contribution is -2.21. The van der Waals surface area contributed by atoms with Crippen molar-refractivity contribution in [3.05, 3.63) is 63.6 Å². The van der Waals surface area contributed by atoms with E-state index in [0.717, 1.165) is 26.7 Å². The van der Waals surface area contributed by atoms with Crippen LogP contribution in [-0.2, 0) is 4.74 Å². The van der Waals surface area contributed by atoms with Crippen LogP contribution in [0.15, 0.2) is 63.2 Å². The number of hydrogen-bond acceptors (Lipinski definition) is 6. The molecule has 4 nitrogen and oxygen atoms in total. The molecule has 0 aliphatic rings. The van der Waals surface area contributed by atoms with Gasteiger partial charge >= 0.3 is 0 Å². The Labute approximate surface area is 163 Å². The van der Waals surface area contributed by atoms with Gasteiger partial charge in [-0.05, 0) is 23.6 Å². The van der Waals surface area contributed by atoms with Crippen molar-refractivity contribution in [1.82, 2.24) is 9.55 Å². The fourth-order valence-corrected chi connectivity index (χ4v) is 5.42. The van der Waals surface area contributed by atoms with Crippen LogP contribution in [0.1, 0.15) is 0 Å². The van der Waals surface area contributed by atoms with Crippen molar-refractivity contribution in [3.8, 4) is 16.1 Å². The third kappa shape index (κ3) is 3.23. The molecule has 7 heteroatoms. The smallest absolute Gasteiger partial charge is 0.268 e. The molecule has 0 aliphatic carbocycles. The molecule has 0 fully saturated rings. The summed E-state index contributed by atoms with van der Waals surface area (Å²) in [5, 5.41) is 5.45. The Kier molecular flexibility index (Phi) is 5.21. The molecule has 0 aliphatic heterocycles. The number of aromatic nitrogens is 2. The molecule has 0 amide bonds. The first-order valence-corrected chi connectivity index (χ1v) is 10.8. The average Bonchev–Trinajstić information content (AvgIpc) is 3.32. The van der Waals surface area contributed by atoms with E-state index in [9.17, 15) is 4.79 Å². The Morgan fingerprint density at radius 1 is 1.15 bits per heavy atom. The molecule has 4 rings (SSSR count). The lowest BCUT2D eigenvalue weighted by Gasteiger charge is -2.12. The summed E-state index contributed by atoms with van der Waals surface area (Å²) in [6.45, 7) is 0.609. The lowest BCUT2D eigenvalue weighted by molar-refractivity contribution is 0.218. The predicted octanol–water partition coefficient (Wildman–Crippen LogP) is 4.91. The van der Waals surface area contributed by atoms with Crippen LogP contribution in [0.2, 0.25) is 0 Å². The fourth-order valence-electron chi connectivity index (χ4n) is 2.70. The Morgan fingerprint density at radius 2 is 2.00 bits per heavy atom. The number of rotatable bonds is 6. The molecule has 0 atom stereocenters. The summed E-state index contributed by atoms with van der Waals surface area (Å²) >= 11 is 4.70. The minimum absolute atomic E-state index is 0.0224. The van der Waals surface area contributed by atoms with Gasteiger partial charge in [-0.3, -0.25) is 9.36 Å². The number of thioether (sulfide) groups is 1. The van der Waals surface area contributed by atoms with Crippen molar-refractivity contribution >= 4 is 44.7 Å². The van der Waals surface area contributed by atoms with E-state index >= 15 is 0 Å². The maximum absolute atomic E-state index is 13.4. The molecule has 132 valence electrons. The van der Waals surface area contributed by atoms with Crippen molar-refractivity contribution in [2.24, 2.45) is 0 Å². The number of benzene rings is 1. The van der Waals surface area contributed by atoms with Gasteiger partial charge in [0.05, 0.1) is 17.7 Å². The molecule has 1 aromatic carbocycles. The maximum atomic E-state index is 13.4. The van der Waals surface area contributed by atoms with Crippen molar-refractivity contribution < 1.29 is 4.74 Å². The van der Waals surface area contributed by atoms with Gasteiger partial charge in [0.1, 0.15) is 4.83 Å². The van der Waals surface area contributed by atoms with Gasteiger partial charge in [0.25, 0.3) is 5.56 Å². The molecule has 0 spiro atoms. The summed E-state index contributed by atoms with van der Waals surface area (Å²) in [4.78, 5) is 20.1. The monoisotopic (exact) mass is 400 g/mol. The van der Waals surface area contributed by atoms with E-state index in [0.29, 0.717) is 17.1 Å². The van der Waals surface area contributed by atoms with E-state index in [1.807, 2.05) is 53.2 Å². The average molecular weight is 401 g/mol.